The summed E-state index contributed by atoms with van der Waals surface area (Å²) in [6, 6.07) is 22.4. The molecule has 0 aromatic heterocycles. The quantitative estimate of drug-likeness (QED) is 0.351. The molecule has 0 amide bonds. The molecule has 0 fully saturated rings. The van der Waals surface area contributed by atoms with Crippen LogP contribution < -0.4 is 15.4 Å². The lowest BCUT2D eigenvalue weighted by molar-refractivity contribution is -0.116. The Balaban J connectivity index is 1.62. The Morgan fingerprint density at radius 2 is 1.74 bits per heavy atom. The number of nitrogens with two attached hydrogens (primary N) is 1. The van der Waals surface area contributed by atoms with Gasteiger partial charge in [0.1, 0.15) is 18.2 Å². The van der Waals surface area contributed by atoms with Gasteiger partial charge in [0.05, 0.1) is 17.6 Å². The van der Waals surface area contributed by atoms with Crippen molar-refractivity contribution in [2.24, 2.45) is 5.73 Å². The van der Waals surface area contributed by atoms with E-state index >= 15 is 0 Å². The Labute approximate surface area is 232 Å². The third-order valence-corrected chi connectivity index (χ3v) is 7.95. The molecule has 1 aliphatic carbocycles. The molecule has 1 unspecified atom stereocenters. The predicted molar refractivity (Wildman–Crippen MR) is 153 cm³/mol. The van der Waals surface area contributed by atoms with Crippen molar-refractivity contribution >= 4 is 27.4 Å². The minimum atomic E-state index is -0.507. The van der Waals surface area contributed by atoms with E-state index in [9.17, 15) is 10.1 Å². The van der Waals surface area contributed by atoms with Crippen molar-refractivity contribution in [3.8, 4) is 11.8 Å². The van der Waals surface area contributed by atoms with E-state index in [1.54, 1.807) is 0 Å². The maximum atomic E-state index is 13.5. The smallest absolute Gasteiger partial charge is 0.161 e. The highest BCUT2D eigenvalue weighted by Gasteiger charge is 2.41. The highest BCUT2D eigenvalue weighted by molar-refractivity contribution is 9.10. The molecule has 38 heavy (non-hydrogen) atoms. The Morgan fingerprint density at radius 1 is 1.03 bits per heavy atom. The first-order valence-corrected chi connectivity index (χ1v) is 13.6. The minimum Gasteiger partial charge on any atom is -0.489 e. The number of hydrogen-bond donors (Lipinski definition) is 1. The van der Waals surface area contributed by atoms with E-state index in [1.807, 2.05) is 74.2 Å². The van der Waals surface area contributed by atoms with Gasteiger partial charge < -0.3 is 10.5 Å². The van der Waals surface area contributed by atoms with Crippen LogP contribution in [0.15, 0.2) is 87.8 Å². The van der Waals surface area contributed by atoms with E-state index in [0.29, 0.717) is 30.0 Å². The van der Waals surface area contributed by atoms with E-state index in [1.165, 1.54) is 5.56 Å². The number of anilines is 1. The average Bonchev–Trinajstić information content (AvgIpc) is 2.90. The molecule has 1 heterocycles. The minimum absolute atomic E-state index is 0.0805. The molecule has 1 atom stereocenters. The summed E-state index contributed by atoms with van der Waals surface area (Å²) in [5.74, 6) is 0.756. The summed E-state index contributed by atoms with van der Waals surface area (Å²) in [4.78, 5) is 15.4. The van der Waals surface area contributed by atoms with Crippen LogP contribution in [-0.2, 0) is 11.4 Å². The van der Waals surface area contributed by atoms with Gasteiger partial charge >= 0.3 is 0 Å². The van der Waals surface area contributed by atoms with Gasteiger partial charge in [0.2, 0.25) is 0 Å². The lowest BCUT2D eigenvalue weighted by Crippen LogP contribution is -2.39. The van der Waals surface area contributed by atoms with Crippen LogP contribution in [0.4, 0.5) is 5.69 Å². The number of carbonyl (C=O) groups is 1. The predicted octanol–water partition coefficient (Wildman–Crippen LogP) is 7.26. The molecule has 0 bridgehead atoms. The number of rotatable bonds is 5. The van der Waals surface area contributed by atoms with Crippen molar-refractivity contribution in [1.82, 2.24) is 0 Å². The number of ether oxygens (including phenoxy) is 1. The van der Waals surface area contributed by atoms with Gasteiger partial charge in [0.15, 0.2) is 5.78 Å². The average molecular weight is 569 g/mol. The number of hydrogen-bond acceptors (Lipinski definition) is 5. The van der Waals surface area contributed by atoms with Gasteiger partial charge in [-0.05, 0) is 86.7 Å². The Morgan fingerprint density at radius 3 is 2.42 bits per heavy atom. The topological polar surface area (TPSA) is 79.3 Å². The third kappa shape index (κ3) is 4.75. The van der Waals surface area contributed by atoms with Crippen molar-refractivity contribution in [3.05, 3.63) is 116 Å². The second-order valence-corrected chi connectivity index (χ2v) is 10.9. The van der Waals surface area contributed by atoms with Gasteiger partial charge in [-0.2, -0.15) is 5.26 Å². The number of halogens is 1. The second kappa shape index (κ2) is 10.5. The van der Waals surface area contributed by atoms with Gasteiger partial charge in [0.25, 0.3) is 0 Å². The van der Waals surface area contributed by atoms with Crippen LogP contribution in [0.3, 0.4) is 0 Å². The molecule has 0 spiro atoms. The second-order valence-electron chi connectivity index (χ2n) is 10.0. The number of allylic oxidation sites excluding steroid dienone is 3. The third-order valence-electron chi connectivity index (χ3n) is 7.42. The zero-order valence-electron chi connectivity index (χ0n) is 21.8. The summed E-state index contributed by atoms with van der Waals surface area (Å²) >= 11 is 3.49. The van der Waals surface area contributed by atoms with Crippen molar-refractivity contribution in [2.45, 2.75) is 52.6 Å². The molecule has 1 aliphatic heterocycles. The van der Waals surface area contributed by atoms with Crippen LogP contribution in [0.2, 0.25) is 0 Å². The van der Waals surface area contributed by atoms with Gasteiger partial charge in [0, 0.05) is 27.9 Å². The molecule has 0 radical (unpaired) electrons. The first-order chi connectivity index (χ1) is 18.3. The van der Waals surface area contributed by atoms with Gasteiger partial charge in [-0.3, -0.25) is 9.69 Å². The summed E-state index contributed by atoms with van der Waals surface area (Å²) in [6.45, 7) is 6.52. The zero-order valence-corrected chi connectivity index (χ0v) is 23.4. The monoisotopic (exact) mass is 567 g/mol. The van der Waals surface area contributed by atoms with Crippen LogP contribution in [-0.4, -0.2) is 5.78 Å². The molecule has 3 aromatic rings. The van der Waals surface area contributed by atoms with E-state index in [4.69, 9.17) is 10.5 Å². The lowest BCUT2D eigenvalue weighted by Gasteiger charge is -2.40. The van der Waals surface area contributed by atoms with Crippen molar-refractivity contribution in [1.29, 1.82) is 5.26 Å². The van der Waals surface area contributed by atoms with E-state index in [-0.39, 0.29) is 5.78 Å². The number of aryl methyl sites for hydroxylation is 2. The van der Waals surface area contributed by atoms with Gasteiger partial charge in [-0.25, -0.2) is 0 Å². The summed E-state index contributed by atoms with van der Waals surface area (Å²) in [6.07, 6.45) is 1.95. The number of Topliss-reactive ketones (excluding diaryl/α,β-unsaturated/α-hetero) is 1. The molecule has 5 nitrogen and oxygen atoms in total. The largest absolute Gasteiger partial charge is 0.489 e. The fourth-order valence-corrected chi connectivity index (χ4v) is 5.76. The first kappa shape index (κ1) is 25.8. The lowest BCUT2D eigenvalue weighted by atomic mass is 9.73. The number of benzene rings is 3. The SMILES string of the molecule is Cc1ccc(OCc2cc(C)cc(C3C(C#N)=C(N)N(c4ccc(Br)cc4)C4=C3C(=O)CCC4)c2C)cc1. The standard InChI is InChI=1S/C32H30BrN3O2/c1-19-7-13-25(14-8-19)38-18-22-15-20(2)16-26(21(22)3)30-27(17-34)32(35)36(24-11-9-23(33)10-12-24)28-5-4-6-29(37)31(28)30/h7-16,30H,4-6,18,35H2,1-3H3. The Bertz CT molecular complexity index is 1510. The summed E-state index contributed by atoms with van der Waals surface area (Å²) in [7, 11) is 0. The molecule has 3 aromatic carbocycles. The Kier molecular flexibility index (Phi) is 7.14. The number of nitriles is 1. The van der Waals surface area contributed by atoms with E-state index < -0.39 is 5.92 Å². The van der Waals surface area contributed by atoms with Crippen LogP contribution >= 0.6 is 15.9 Å². The van der Waals surface area contributed by atoms with Crippen molar-refractivity contribution in [3.63, 3.8) is 0 Å². The number of ketones is 1. The highest BCUT2D eigenvalue weighted by Crippen LogP contribution is 2.47. The summed E-state index contributed by atoms with van der Waals surface area (Å²) in [5, 5.41) is 10.4. The fraction of sp³-hybridized carbons (Fsp3) is 0.250. The molecular weight excluding hydrogens is 538 g/mol. The molecule has 2 aliphatic rings. The van der Waals surface area contributed by atoms with Crippen LogP contribution in [0, 0.1) is 32.1 Å². The van der Waals surface area contributed by atoms with Gasteiger partial charge in [-0.1, -0.05) is 51.3 Å². The first-order valence-electron chi connectivity index (χ1n) is 12.8. The molecule has 5 rings (SSSR count). The number of carbonyl (C=O) groups excluding carboxylic acids is 1. The van der Waals surface area contributed by atoms with E-state index in [0.717, 1.165) is 56.7 Å². The van der Waals surface area contributed by atoms with E-state index in [2.05, 4.69) is 34.1 Å². The Hall–Kier alpha value is -3.82. The zero-order chi connectivity index (χ0) is 27.0. The summed E-state index contributed by atoms with van der Waals surface area (Å²) in [5.41, 5.74) is 14.8. The molecule has 2 N–H and O–H groups in total. The molecule has 192 valence electrons. The molecule has 0 saturated carbocycles. The van der Waals surface area contributed by atoms with Crippen molar-refractivity contribution in [2.75, 3.05) is 4.90 Å². The molecule has 6 heteroatoms. The molecular formula is C32H30BrN3O2. The number of nitrogens with zero attached hydrogens (tertiary/aromatic N) is 2. The fourth-order valence-electron chi connectivity index (χ4n) is 5.49. The normalized spacial score (nSPS) is 17.4. The maximum Gasteiger partial charge on any atom is 0.161 e. The van der Waals surface area contributed by atoms with Crippen LogP contribution in [0.1, 0.15) is 53.0 Å². The highest BCUT2D eigenvalue weighted by atomic mass is 79.9. The van der Waals surface area contributed by atoms with Crippen molar-refractivity contribution < 1.29 is 9.53 Å². The van der Waals surface area contributed by atoms with Gasteiger partial charge in [-0.15, -0.1) is 0 Å². The maximum absolute atomic E-state index is 13.5. The molecule has 0 saturated heterocycles. The van der Waals surface area contributed by atoms with Crippen LogP contribution in [0.25, 0.3) is 0 Å². The van der Waals surface area contributed by atoms with Crippen LogP contribution in [0.5, 0.6) is 5.75 Å². The summed E-state index contributed by atoms with van der Waals surface area (Å²) < 4.78 is 7.07.